The Labute approximate surface area is 42.9 Å². The van der Waals surface area contributed by atoms with Gasteiger partial charge in [0.25, 0.3) is 0 Å². The number of nitrogens with one attached hydrogen (secondary N) is 2. The molecule has 0 amide bonds. The third-order valence-corrected chi connectivity index (χ3v) is 0.497. The predicted octanol–water partition coefficient (Wildman–Crippen LogP) is 0.654. The molecule has 0 aliphatic carbocycles. The van der Waals surface area contributed by atoms with Crippen molar-refractivity contribution in [2.75, 3.05) is 6.54 Å². The molecule has 0 heterocycles. The molecule has 2 N–H and O–H groups in total. The van der Waals surface area contributed by atoms with E-state index in [0.717, 1.165) is 13.0 Å². The molecule has 0 saturated heterocycles. The van der Waals surface area contributed by atoms with Crippen LogP contribution in [0.25, 0.3) is 0 Å². The topological polar surface area (TPSA) is 48.2 Å². The van der Waals surface area contributed by atoms with E-state index in [2.05, 4.69) is 10.5 Å². The van der Waals surface area contributed by atoms with Crippen LogP contribution in [0.15, 0.2) is 5.10 Å². The fraction of sp³-hybridized carbons (Fsp3) is 0.750. The van der Waals surface area contributed by atoms with E-state index >= 15 is 0 Å². The van der Waals surface area contributed by atoms with Crippen LogP contribution in [0.5, 0.6) is 0 Å². The van der Waals surface area contributed by atoms with Gasteiger partial charge in [0.2, 0.25) is 0 Å². The largest absolute Gasteiger partial charge is 0.301 e. The van der Waals surface area contributed by atoms with Crippen LogP contribution in [0.1, 0.15) is 13.3 Å². The molecule has 40 valence electrons. The standard InChI is InChI=1S/C4H9N3/c1-2-3-6-7-4-5/h5-6H,2-3H2,1H3. The van der Waals surface area contributed by atoms with Crippen molar-refractivity contribution in [2.24, 2.45) is 5.10 Å². The van der Waals surface area contributed by atoms with Crippen LogP contribution < -0.4 is 5.43 Å². The van der Waals surface area contributed by atoms with Crippen molar-refractivity contribution in [3.05, 3.63) is 0 Å². The van der Waals surface area contributed by atoms with Crippen molar-refractivity contribution >= 4 is 6.01 Å². The highest BCUT2D eigenvalue weighted by Gasteiger charge is 1.69. The fourth-order valence-electron chi connectivity index (χ4n) is 0.207. The van der Waals surface area contributed by atoms with Gasteiger partial charge in [-0.1, -0.05) is 6.92 Å². The summed E-state index contributed by atoms with van der Waals surface area (Å²) in [6.45, 7) is 2.86. The first kappa shape index (κ1) is 6.18. The van der Waals surface area contributed by atoms with Gasteiger partial charge in [-0.3, -0.25) is 0 Å². The lowest BCUT2D eigenvalue weighted by Gasteiger charge is -1.87. The van der Waals surface area contributed by atoms with Gasteiger partial charge in [0.05, 0.1) is 0 Å². The van der Waals surface area contributed by atoms with E-state index in [4.69, 9.17) is 5.41 Å². The predicted molar refractivity (Wildman–Crippen MR) is 28.4 cm³/mol. The Hall–Kier alpha value is -0.820. The Morgan fingerprint density at radius 1 is 1.86 bits per heavy atom. The summed E-state index contributed by atoms with van der Waals surface area (Å²) in [4.78, 5) is 0. The van der Waals surface area contributed by atoms with Crippen LogP contribution in [-0.2, 0) is 0 Å². The van der Waals surface area contributed by atoms with Gasteiger partial charge in [0, 0.05) is 6.54 Å². The summed E-state index contributed by atoms with van der Waals surface area (Å²) >= 11 is 0. The monoisotopic (exact) mass is 99.1 g/mol. The summed E-state index contributed by atoms with van der Waals surface area (Å²) in [6.07, 6.45) is 1.03. The molecule has 0 aromatic carbocycles. The van der Waals surface area contributed by atoms with E-state index in [-0.39, 0.29) is 0 Å². The molecule has 0 radical (unpaired) electrons. The molecule has 0 aromatic heterocycles. The van der Waals surface area contributed by atoms with E-state index in [1.165, 1.54) is 0 Å². The third kappa shape index (κ3) is 5.18. The van der Waals surface area contributed by atoms with Gasteiger partial charge in [-0.15, -0.1) is 5.10 Å². The second-order valence-corrected chi connectivity index (χ2v) is 1.13. The van der Waals surface area contributed by atoms with Gasteiger partial charge < -0.3 is 5.43 Å². The Morgan fingerprint density at radius 3 is 3.00 bits per heavy atom. The first-order valence-electron chi connectivity index (χ1n) is 2.26. The highest BCUT2D eigenvalue weighted by atomic mass is 15.3. The minimum absolute atomic E-state index is 0.825. The maximum absolute atomic E-state index is 6.30. The van der Waals surface area contributed by atoms with Gasteiger partial charge in [-0.05, 0) is 6.42 Å². The van der Waals surface area contributed by atoms with Crippen molar-refractivity contribution in [1.82, 2.24) is 5.43 Å². The van der Waals surface area contributed by atoms with Crippen LogP contribution in [-0.4, -0.2) is 12.6 Å². The Morgan fingerprint density at radius 2 is 2.57 bits per heavy atom. The Kier molecular flexibility index (Phi) is 4.57. The second kappa shape index (κ2) is 5.18. The van der Waals surface area contributed by atoms with Crippen LogP contribution in [0.3, 0.4) is 0 Å². The minimum Gasteiger partial charge on any atom is -0.301 e. The molecule has 0 rings (SSSR count). The van der Waals surface area contributed by atoms with Crippen LogP contribution in [0.4, 0.5) is 0 Å². The van der Waals surface area contributed by atoms with Gasteiger partial charge in [-0.25, -0.2) is 5.41 Å². The molecular formula is C4H9N3. The summed E-state index contributed by atoms with van der Waals surface area (Å²) in [5, 5.41) is 9.63. The highest BCUT2D eigenvalue weighted by molar-refractivity contribution is 5.34. The molecule has 0 atom stereocenters. The van der Waals surface area contributed by atoms with Gasteiger partial charge in [0.1, 0.15) is 6.01 Å². The van der Waals surface area contributed by atoms with E-state index in [0.29, 0.717) is 0 Å². The van der Waals surface area contributed by atoms with E-state index in [1.54, 1.807) is 0 Å². The number of hydrazone groups is 1. The highest BCUT2D eigenvalue weighted by Crippen LogP contribution is 1.65. The van der Waals surface area contributed by atoms with Crippen molar-refractivity contribution in [3.63, 3.8) is 0 Å². The number of hydrogen-bond acceptors (Lipinski definition) is 3. The number of hydrogen-bond donors (Lipinski definition) is 2. The molecule has 0 aliphatic rings. The van der Waals surface area contributed by atoms with Crippen molar-refractivity contribution in [3.8, 4) is 0 Å². The molecule has 0 unspecified atom stereocenters. The average Bonchev–Trinajstić information content (AvgIpc) is 1.69. The van der Waals surface area contributed by atoms with Crippen LogP contribution >= 0.6 is 0 Å². The summed E-state index contributed by atoms with van der Waals surface area (Å²) in [7, 11) is 0. The summed E-state index contributed by atoms with van der Waals surface area (Å²) < 4.78 is 0. The maximum atomic E-state index is 6.30. The van der Waals surface area contributed by atoms with Gasteiger partial charge >= 0.3 is 0 Å². The third-order valence-electron chi connectivity index (χ3n) is 0.497. The zero-order valence-electron chi connectivity index (χ0n) is 4.36. The Balaban J connectivity index is 2.83. The summed E-state index contributed by atoms with van der Waals surface area (Å²) in [6, 6.07) is 1.87. The fourth-order valence-corrected chi connectivity index (χ4v) is 0.207. The molecule has 0 aromatic rings. The first-order chi connectivity index (χ1) is 3.41. The molecule has 3 heteroatoms. The quantitative estimate of drug-likeness (QED) is 0.304. The molecule has 0 saturated carbocycles. The van der Waals surface area contributed by atoms with Crippen LogP contribution in [0.2, 0.25) is 0 Å². The molecular weight excluding hydrogens is 90.1 g/mol. The van der Waals surface area contributed by atoms with E-state index in [1.807, 2.05) is 12.9 Å². The molecule has 0 aliphatic heterocycles. The van der Waals surface area contributed by atoms with Gasteiger partial charge in [-0.2, -0.15) is 0 Å². The van der Waals surface area contributed by atoms with Crippen molar-refractivity contribution < 1.29 is 0 Å². The molecule has 0 bridgehead atoms. The minimum atomic E-state index is 0.825. The SMILES string of the molecule is CCCNN=C=N. The van der Waals surface area contributed by atoms with Gasteiger partial charge in [0.15, 0.2) is 0 Å². The lowest BCUT2D eigenvalue weighted by atomic mass is 10.5. The molecule has 7 heavy (non-hydrogen) atoms. The smallest absolute Gasteiger partial charge is 0.111 e. The Bertz CT molecular complexity index is 73.0. The lowest BCUT2D eigenvalue weighted by molar-refractivity contribution is 0.719. The molecule has 0 fully saturated rings. The molecule has 0 spiro atoms. The van der Waals surface area contributed by atoms with E-state index < -0.39 is 0 Å². The normalized spacial score (nSPS) is 7.00. The lowest BCUT2D eigenvalue weighted by Crippen LogP contribution is -2.04. The van der Waals surface area contributed by atoms with Crippen LogP contribution in [0, 0.1) is 5.41 Å². The van der Waals surface area contributed by atoms with Crippen molar-refractivity contribution in [2.45, 2.75) is 13.3 Å². The second-order valence-electron chi connectivity index (χ2n) is 1.13. The first-order valence-corrected chi connectivity index (χ1v) is 2.26. The maximum Gasteiger partial charge on any atom is 0.111 e. The molecule has 3 nitrogen and oxygen atoms in total. The number of nitrogens with zero attached hydrogens (tertiary/aromatic N) is 1. The zero-order valence-corrected chi connectivity index (χ0v) is 4.36. The summed E-state index contributed by atoms with van der Waals surface area (Å²) in [5.74, 6) is 0. The van der Waals surface area contributed by atoms with Crippen molar-refractivity contribution in [1.29, 1.82) is 5.41 Å². The number of rotatable bonds is 3. The zero-order chi connectivity index (χ0) is 5.54. The van der Waals surface area contributed by atoms with E-state index in [9.17, 15) is 0 Å². The average molecular weight is 99.1 g/mol. The summed E-state index contributed by atoms with van der Waals surface area (Å²) in [5.41, 5.74) is 2.61.